The number of benzene rings is 2. The smallest absolute Gasteiger partial charge is 0.273 e. The lowest BCUT2D eigenvalue weighted by Gasteiger charge is -2.06. The second kappa shape index (κ2) is 5.69. The van der Waals surface area contributed by atoms with Crippen LogP contribution in [0, 0.1) is 0 Å². The fourth-order valence-corrected chi connectivity index (χ4v) is 3.96. The van der Waals surface area contributed by atoms with Gasteiger partial charge < -0.3 is 0 Å². The van der Waals surface area contributed by atoms with Gasteiger partial charge in [-0.15, -0.1) is 3.98 Å². The topological polar surface area (TPSA) is 49.2 Å². The van der Waals surface area contributed by atoms with E-state index in [4.69, 9.17) is 0 Å². The van der Waals surface area contributed by atoms with E-state index in [1.165, 1.54) is 3.98 Å². The van der Waals surface area contributed by atoms with Crippen molar-refractivity contribution in [1.82, 2.24) is 5.32 Å². The summed E-state index contributed by atoms with van der Waals surface area (Å²) in [4.78, 5) is 0.333. The van der Waals surface area contributed by atoms with Crippen molar-refractivity contribution >= 4 is 15.9 Å². The van der Waals surface area contributed by atoms with Gasteiger partial charge in [-0.2, -0.15) is 8.42 Å². The number of nitrogens with zero attached hydrogens (tertiary/aromatic N) is 1. The van der Waals surface area contributed by atoms with Crippen LogP contribution < -0.4 is 5.32 Å². The largest absolute Gasteiger partial charge is 0.330 e. The molecule has 2 aromatic carbocycles. The Kier molecular flexibility index (Phi) is 3.75. The number of rotatable bonds is 4. The highest BCUT2D eigenvalue weighted by atomic mass is 32.2. The Labute approximate surface area is 124 Å². The first-order chi connectivity index (χ1) is 10.2. The summed E-state index contributed by atoms with van der Waals surface area (Å²) in [6, 6.07) is 18.4. The summed E-state index contributed by atoms with van der Waals surface area (Å²) >= 11 is 0. The molecule has 1 aliphatic rings. The molecule has 0 saturated carbocycles. The fourth-order valence-electron chi connectivity index (χ4n) is 2.45. The van der Waals surface area contributed by atoms with Gasteiger partial charge in [-0.1, -0.05) is 48.5 Å². The Morgan fingerprint density at radius 3 is 2.24 bits per heavy atom. The second-order valence-corrected chi connectivity index (χ2v) is 6.79. The lowest BCUT2D eigenvalue weighted by atomic mass is 10.1. The maximum absolute atomic E-state index is 12.7. The zero-order chi connectivity index (χ0) is 14.7. The third-order valence-electron chi connectivity index (χ3n) is 3.49. The molecule has 3 rings (SSSR count). The van der Waals surface area contributed by atoms with Crippen molar-refractivity contribution in [1.29, 1.82) is 0 Å². The number of hydrogen-bond acceptors (Lipinski definition) is 3. The maximum Gasteiger partial charge on any atom is 0.330 e. The predicted molar refractivity (Wildman–Crippen MR) is 81.9 cm³/mol. The van der Waals surface area contributed by atoms with E-state index in [1.54, 1.807) is 24.3 Å². The Morgan fingerprint density at radius 2 is 1.57 bits per heavy atom. The summed E-state index contributed by atoms with van der Waals surface area (Å²) in [6.45, 7) is 1.12. The number of hydrogen-bond donors (Lipinski definition) is 1. The lowest BCUT2D eigenvalue weighted by molar-refractivity contribution is -0.354. The van der Waals surface area contributed by atoms with Crippen LogP contribution in [-0.2, 0) is 16.4 Å². The van der Waals surface area contributed by atoms with Crippen LogP contribution in [0.2, 0.25) is 0 Å². The van der Waals surface area contributed by atoms with Crippen LogP contribution in [0.3, 0.4) is 0 Å². The summed E-state index contributed by atoms with van der Waals surface area (Å²) in [5.74, 6) is 0.741. The molecule has 0 aromatic heterocycles. The zero-order valence-corrected chi connectivity index (χ0v) is 12.4. The first-order valence-electron chi connectivity index (χ1n) is 6.89. The molecule has 0 atom stereocenters. The van der Waals surface area contributed by atoms with Crippen molar-refractivity contribution < 1.29 is 12.4 Å². The minimum atomic E-state index is -3.47. The Balaban J connectivity index is 1.97. The van der Waals surface area contributed by atoms with Crippen LogP contribution in [-0.4, -0.2) is 31.3 Å². The van der Waals surface area contributed by atoms with Gasteiger partial charge in [-0.05, 0) is 17.7 Å². The molecule has 2 aromatic rings. The van der Waals surface area contributed by atoms with Crippen molar-refractivity contribution in [3.05, 3.63) is 66.2 Å². The van der Waals surface area contributed by atoms with Crippen molar-refractivity contribution in [3.8, 4) is 0 Å². The molecular formula is C16H17N2O2S+. The molecule has 0 unspecified atom stereocenters. The number of nitrogens with one attached hydrogen (secondary N) is 1. The minimum Gasteiger partial charge on any atom is -0.273 e. The summed E-state index contributed by atoms with van der Waals surface area (Å²) < 4.78 is 26.9. The molecule has 0 radical (unpaired) electrons. The van der Waals surface area contributed by atoms with Gasteiger partial charge in [0.1, 0.15) is 18.0 Å². The van der Waals surface area contributed by atoms with E-state index < -0.39 is 10.0 Å². The van der Waals surface area contributed by atoms with Crippen LogP contribution >= 0.6 is 0 Å². The molecule has 0 bridgehead atoms. The van der Waals surface area contributed by atoms with E-state index in [2.05, 4.69) is 5.32 Å². The standard InChI is InChI=1S/C16H16N2O2S/c19-21(20,15-9-5-2-6-10-15)18-12-11-17-16(18)13-14-7-3-1-4-8-14/h1-10H,11-13H2/p+1. The van der Waals surface area contributed by atoms with Crippen molar-refractivity contribution in [2.24, 2.45) is 0 Å². The molecular weight excluding hydrogens is 284 g/mol. The third kappa shape index (κ3) is 2.83. The van der Waals surface area contributed by atoms with Crippen molar-refractivity contribution in [2.45, 2.75) is 11.3 Å². The zero-order valence-electron chi connectivity index (χ0n) is 11.6. The molecule has 0 fully saturated rings. The highest BCUT2D eigenvalue weighted by Gasteiger charge is 2.32. The summed E-state index contributed by atoms with van der Waals surface area (Å²) in [7, 11) is -3.47. The van der Waals surface area contributed by atoms with Gasteiger partial charge in [0.05, 0.1) is 6.42 Å². The van der Waals surface area contributed by atoms with E-state index >= 15 is 0 Å². The molecule has 1 heterocycles. The first kappa shape index (κ1) is 13.8. The lowest BCUT2D eigenvalue weighted by Crippen LogP contribution is -2.29. The van der Waals surface area contributed by atoms with Crippen LogP contribution in [0.25, 0.3) is 0 Å². The van der Waals surface area contributed by atoms with Gasteiger partial charge in [0.25, 0.3) is 5.84 Å². The van der Waals surface area contributed by atoms with Crippen LogP contribution in [0.1, 0.15) is 5.56 Å². The van der Waals surface area contributed by atoms with Crippen LogP contribution in [0.4, 0.5) is 0 Å². The molecule has 5 heteroatoms. The second-order valence-electron chi connectivity index (χ2n) is 4.93. The van der Waals surface area contributed by atoms with E-state index in [0.29, 0.717) is 24.4 Å². The normalized spacial score (nSPS) is 15.0. The first-order valence-corrected chi connectivity index (χ1v) is 8.33. The molecule has 0 spiro atoms. The monoisotopic (exact) mass is 301 g/mol. The van der Waals surface area contributed by atoms with Crippen LogP contribution in [0.15, 0.2) is 65.6 Å². The van der Waals surface area contributed by atoms with Gasteiger partial charge in [0.15, 0.2) is 0 Å². The molecule has 0 saturated heterocycles. The molecule has 108 valence electrons. The highest BCUT2D eigenvalue weighted by Crippen LogP contribution is 2.14. The minimum absolute atomic E-state index is 0.333. The van der Waals surface area contributed by atoms with Crippen molar-refractivity contribution in [3.63, 3.8) is 0 Å². The summed E-state index contributed by atoms with van der Waals surface area (Å²) in [5.41, 5.74) is 1.09. The van der Waals surface area contributed by atoms with Gasteiger partial charge in [-0.25, -0.2) is 0 Å². The van der Waals surface area contributed by atoms with Gasteiger partial charge >= 0.3 is 10.0 Å². The van der Waals surface area contributed by atoms with Gasteiger partial charge in [0, 0.05) is 0 Å². The molecule has 1 N–H and O–H groups in total. The Morgan fingerprint density at radius 1 is 0.952 bits per heavy atom. The Hall–Kier alpha value is -2.14. The average Bonchev–Trinajstić information content (AvgIpc) is 2.98. The maximum atomic E-state index is 12.7. The SMILES string of the molecule is O=S(=O)(c1ccccc1)[N+]1=C(Cc2ccccc2)NCC1. The number of amidine groups is 1. The third-order valence-corrected chi connectivity index (χ3v) is 5.34. The summed E-state index contributed by atoms with van der Waals surface area (Å²) in [5, 5.41) is 3.19. The average molecular weight is 301 g/mol. The molecule has 0 aliphatic carbocycles. The summed E-state index contributed by atoms with van der Waals surface area (Å²) in [6.07, 6.45) is 0.590. The molecule has 0 amide bonds. The van der Waals surface area contributed by atoms with E-state index in [0.717, 1.165) is 11.4 Å². The predicted octanol–water partition coefficient (Wildman–Crippen LogP) is 1.63. The van der Waals surface area contributed by atoms with Gasteiger partial charge in [-0.3, -0.25) is 5.32 Å². The molecule has 4 nitrogen and oxygen atoms in total. The van der Waals surface area contributed by atoms with Crippen molar-refractivity contribution in [2.75, 3.05) is 13.1 Å². The van der Waals surface area contributed by atoms with Gasteiger partial charge in [0.2, 0.25) is 0 Å². The van der Waals surface area contributed by atoms with E-state index in [-0.39, 0.29) is 0 Å². The Bertz CT molecular complexity index is 753. The number of sulfonamides is 1. The highest BCUT2D eigenvalue weighted by molar-refractivity contribution is 7.85. The molecule has 21 heavy (non-hydrogen) atoms. The van der Waals surface area contributed by atoms with E-state index in [9.17, 15) is 8.42 Å². The molecule has 1 aliphatic heterocycles. The quantitative estimate of drug-likeness (QED) is 0.873. The van der Waals surface area contributed by atoms with E-state index in [1.807, 2.05) is 36.4 Å². The fraction of sp³-hybridized carbons (Fsp3) is 0.188. The van der Waals surface area contributed by atoms with Crippen LogP contribution in [0.5, 0.6) is 0 Å².